The predicted molar refractivity (Wildman–Crippen MR) is 72.0 cm³/mol. The van der Waals surface area contributed by atoms with Gasteiger partial charge in [-0.3, -0.25) is 0 Å². The van der Waals surface area contributed by atoms with Crippen molar-refractivity contribution in [2.75, 3.05) is 32.6 Å². The molecular weight excluding hydrogens is 268 g/mol. The van der Waals surface area contributed by atoms with Crippen molar-refractivity contribution in [3.63, 3.8) is 0 Å². The van der Waals surface area contributed by atoms with Gasteiger partial charge in [0.1, 0.15) is 13.2 Å². The molecule has 106 valence electrons. The maximum Gasteiger partial charge on any atom is 0.208 e. The number of nitrogens with one attached hydrogen (secondary N) is 2. The van der Waals surface area contributed by atoms with Crippen molar-refractivity contribution in [2.45, 2.75) is 6.54 Å². The van der Waals surface area contributed by atoms with Crippen LogP contribution in [0.2, 0.25) is 0 Å². The third kappa shape index (κ3) is 4.70. The average molecular weight is 286 g/mol. The average Bonchev–Trinajstić information content (AvgIpc) is 2.37. The van der Waals surface area contributed by atoms with Crippen LogP contribution in [0.25, 0.3) is 0 Å². The molecule has 1 aliphatic rings. The lowest BCUT2D eigenvalue weighted by Gasteiger charge is -2.19. The maximum atomic E-state index is 10.9. The minimum atomic E-state index is -3.11. The zero-order valence-electron chi connectivity index (χ0n) is 10.8. The Morgan fingerprint density at radius 3 is 2.63 bits per heavy atom. The van der Waals surface area contributed by atoms with Crippen molar-refractivity contribution in [3.05, 3.63) is 23.8 Å². The number of hydrogen-bond donors (Lipinski definition) is 2. The summed E-state index contributed by atoms with van der Waals surface area (Å²) in [5, 5.41) is 3.16. The molecule has 0 saturated heterocycles. The summed E-state index contributed by atoms with van der Waals surface area (Å²) >= 11 is 0. The van der Waals surface area contributed by atoms with Crippen LogP contribution in [0, 0.1) is 0 Å². The monoisotopic (exact) mass is 286 g/mol. The zero-order valence-corrected chi connectivity index (χ0v) is 11.6. The Morgan fingerprint density at radius 2 is 1.89 bits per heavy atom. The van der Waals surface area contributed by atoms with Crippen LogP contribution in [0.5, 0.6) is 11.5 Å². The number of hydrogen-bond acceptors (Lipinski definition) is 5. The first kappa shape index (κ1) is 14.1. The van der Waals surface area contributed by atoms with Crippen LogP contribution in [0.15, 0.2) is 18.2 Å². The van der Waals surface area contributed by atoms with Gasteiger partial charge in [-0.05, 0) is 17.7 Å². The van der Waals surface area contributed by atoms with Crippen molar-refractivity contribution < 1.29 is 17.9 Å². The van der Waals surface area contributed by atoms with Gasteiger partial charge in [-0.2, -0.15) is 0 Å². The number of ether oxygens (including phenoxy) is 2. The van der Waals surface area contributed by atoms with E-state index in [0.29, 0.717) is 32.8 Å². The minimum Gasteiger partial charge on any atom is -0.486 e. The van der Waals surface area contributed by atoms with Gasteiger partial charge in [0.05, 0.1) is 6.26 Å². The second-order valence-corrected chi connectivity index (χ2v) is 6.15. The molecule has 7 heteroatoms. The van der Waals surface area contributed by atoms with Crippen molar-refractivity contribution in [1.29, 1.82) is 0 Å². The molecule has 2 rings (SSSR count). The van der Waals surface area contributed by atoms with Gasteiger partial charge in [0.2, 0.25) is 10.0 Å². The normalized spacial score (nSPS) is 14.4. The first-order valence-electron chi connectivity index (χ1n) is 6.08. The summed E-state index contributed by atoms with van der Waals surface area (Å²) in [6, 6.07) is 5.79. The molecule has 0 saturated carbocycles. The smallest absolute Gasteiger partial charge is 0.208 e. The van der Waals surface area contributed by atoms with Crippen molar-refractivity contribution >= 4 is 10.0 Å². The molecule has 0 aliphatic carbocycles. The van der Waals surface area contributed by atoms with Crippen molar-refractivity contribution in [1.82, 2.24) is 10.0 Å². The van der Waals surface area contributed by atoms with Gasteiger partial charge in [0, 0.05) is 19.6 Å². The van der Waals surface area contributed by atoms with Crippen LogP contribution in [-0.4, -0.2) is 41.0 Å². The Labute approximate surface area is 113 Å². The Balaban J connectivity index is 1.77. The van der Waals surface area contributed by atoms with E-state index in [1.165, 1.54) is 0 Å². The molecular formula is C12H18N2O4S. The fourth-order valence-electron chi connectivity index (χ4n) is 1.76. The molecule has 6 nitrogen and oxygen atoms in total. The SMILES string of the molecule is CS(=O)(=O)NCCNCc1ccc2c(c1)OCCO2. The van der Waals surface area contributed by atoms with E-state index in [2.05, 4.69) is 10.0 Å². The first-order chi connectivity index (χ1) is 9.04. The highest BCUT2D eigenvalue weighted by molar-refractivity contribution is 7.88. The standard InChI is InChI=1S/C12H18N2O4S/c1-19(15,16)14-5-4-13-9-10-2-3-11-12(8-10)18-7-6-17-11/h2-3,8,13-14H,4-7,9H2,1H3. The maximum absolute atomic E-state index is 10.9. The number of benzene rings is 1. The Morgan fingerprint density at radius 1 is 1.16 bits per heavy atom. The van der Waals surface area contributed by atoms with Gasteiger partial charge in [-0.15, -0.1) is 0 Å². The van der Waals surface area contributed by atoms with E-state index in [1.54, 1.807) is 0 Å². The van der Waals surface area contributed by atoms with E-state index in [4.69, 9.17) is 9.47 Å². The lowest BCUT2D eigenvalue weighted by atomic mass is 10.2. The molecule has 0 unspecified atom stereocenters. The van der Waals surface area contributed by atoms with E-state index < -0.39 is 10.0 Å². The minimum absolute atomic E-state index is 0.378. The summed E-state index contributed by atoms with van der Waals surface area (Å²) < 4.78 is 35.1. The quantitative estimate of drug-likeness (QED) is 0.725. The number of rotatable bonds is 6. The summed E-state index contributed by atoms with van der Waals surface area (Å²) in [4.78, 5) is 0. The summed E-state index contributed by atoms with van der Waals surface area (Å²) in [7, 11) is -3.11. The first-order valence-corrected chi connectivity index (χ1v) is 7.97. The van der Waals surface area contributed by atoms with E-state index in [0.717, 1.165) is 23.3 Å². The van der Waals surface area contributed by atoms with Crippen molar-refractivity contribution in [2.24, 2.45) is 0 Å². The highest BCUT2D eigenvalue weighted by atomic mass is 32.2. The molecule has 0 radical (unpaired) electrons. The van der Waals surface area contributed by atoms with Crippen LogP contribution < -0.4 is 19.5 Å². The van der Waals surface area contributed by atoms with E-state index in [1.807, 2.05) is 18.2 Å². The van der Waals surface area contributed by atoms with E-state index >= 15 is 0 Å². The van der Waals surface area contributed by atoms with Crippen LogP contribution in [0.3, 0.4) is 0 Å². The molecule has 0 spiro atoms. The molecule has 0 atom stereocenters. The van der Waals surface area contributed by atoms with Gasteiger partial charge in [0.25, 0.3) is 0 Å². The Kier molecular flexibility index (Phi) is 4.62. The molecule has 0 bridgehead atoms. The van der Waals surface area contributed by atoms with Gasteiger partial charge >= 0.3 is 0 Å². The highest BCUT2D eigenvalue weighted by Crippen LogP contribution is 2.30. The lowest BCUT2D eigenvalue weighted by molar-refractivity contribution is 0.171. The molecule has 1 heterocycles. The number of fused-ring (bicyclic) bond motifs is 1. The Hall–Kier alpha value is -1.31. The number of sulfonamides is 1. The van der Waals surface area contributed by atoms with E-state index in [-0.39, 0.29) is 0 Å². The van der Waals surface area contributed by atoms with E-state index in [9.17, 15) is 8.42 Å². The summed E-state index contributed by atoms with van der Waals surface area (Å²) in [6.07, 6.45) is 1.15. The third-order valence-electron chi connectivity index (χ3n) is 2.60. The molecule has 0 amide bonds. The van der Waals surface area contributed by atoms with Crippen LogP contribution >= 0.6 is 0 Å². The molecule has 19 heavy (non-hydrogen) atoms. The summed E-state index contributed by atoms with van der Waals surface area (Å²) in [5.41, 5.74) is 1.07. The predicted octanol–water partition coefficient (Wildman–Crippen LogP) is 0.0966. The molecule has 1 aromatic carbocycles. The second kappa shape index (κ2) is 6.23. The van der Waals surface area contributed by atoms with Crippen LogP contribution in [0.1, 0.15) is 5.56 Å². The molecule has 2 N–H and O–H groups in total. The fraction of sp³-hybridized carbons (Fsp3) is 0.500. The molecule has 0 fully saturated rings. The highest BCUT2D eigenvalue weighted by Gasteiger charge is 2.11. The molecule has 0 aromatic heterocycles. The van der Waals surface area contributed by atoms with Gasteiger partial charge in [-0.25, -0.2) is 13.1 Å². The molecule has 1 aliphatic heterocycles. The van der Waals surface area contributed by atoms with Crippen LogP contribution in [0.4, 0.5) is 0 Å². The van der Waals surface area contributed by atoms with Crippen molar-refractivity contribution in [3.8, 4) is 11.5 Å². The summed E-state index contributed by atoms with van der Waals surface area (Å²) in [5.74, 6) is 1.54. The Bertz CT molecular complexity index is 531. The largest absolute Gasteiger partial charge is 0.486 e. The third-order valence-corrected chi connectivity index (χ3v) is 3.33. The second-order valence-electron chi connectivity index (χ2n) is 4.32. The van der Waals surface area contributed by atoms with Crippen LogP contribution in [-0.2, 0) is 16.6 Å². The summed E-state index contributed by atoms with van der Waals surface area (Å²) in [6.45, 7) is 2.76. The van der Waals surface area contributed by atoms with Gasteiger partial charge in [-0.1, -0.05) is 6.07 Å². The van der Waals surface area contributed by atoms with Gasteiger partial charge in [0.15, 0.2) is 11.5 Å². The zero-order chi connectivity index (χ0) is 13.7. The van der Waals surface area contributed by atoms with Gasteiger partial charge < -0.3 is 14.8 Å². The molecule has 1 aromatic rings. The fourth-order valence-corrected chi connectivity index (χ4v) is 2.23. The lowest BCUT2D eigenvalue weighted by Crippen LogP contribution is -2.30. The topological polar surface area (TPSA) is 76.7 Å².